The summed E-state index contributed by atoms with van der Waals surface area (Å²) in [5.74, 6) is 0. The fourth-order valence-electron chi connectivity index (χ4n) is 0. The standard InChI is InChI=1S/C3H5.Al.N/c1-3-2;;/h3H,1-2H2;;. The Hall–Kier alpha value is 0.232. The van der Waals surface area contributed by atoms with Gasteiger partial charge in [0.05, 0.1) is 0 Å². The molecule has 2 heteroatoms. The summed E-state index contributed by atoms with van der Waals surface area (Å²) in [6.45, 7) is 3.46. The maximum absolute atomic E-state index is 3.46. The van der Waals surface area contributed by atoms with Crippen molar-refractivity contribution in [3.05, 3.63) is 12.7 Å². The van der Waals surface area contributed by atoms with E-state index in [1.807, 2.05) is 6.08 Å². The van der Waals surface area contributed by atoms with Gasteiger partial charge in [-0.25, -0.2) is 0 Å². The van der Waals surface area contributed by atoms with Gasteiger partial charge in [0.1, 0.15) is 16.3 Å². The monoisotopic (exact) mass is 82.0 g/mol. The van der Waals surface area contributed by atoms with Gasteiger partial charge in [-0.1, -0.05) is 0 Å². The first-order valence-corrected chi connectivity index (χ1v) is 2.04. The molecule has 0 saturated carbocycles. The first-order valence-electron chi connectivity index (χ1n) is 1.22. The lowest BCUT2D eigenvalue weighted by Gasteiger charge is -1.58. The highest BCUT2D eigenvalue weighted by atomic mass is 27.0. The van der Waals surface area contributed by atoms with Crippen molar-refractivity contribution in [1.29, 1.82) is 0 Å². The summed E-state index contributed by atoms with van der Waals surface area (Å²) < 4.78 is 0. The molecule has 5 heavy (non-hydrogen) atoms. The fourth-order valence-corrected chi connectivity index (χ4v) is 0. The van der Waals surface area contributed by atoms with Crippen molar-refractivity contribution in [3.63, 3.8) is 0 Å². The van der Waals surface area contributed by atoms with Crippen molar-refractivity contribution in [2.24, 2.45) is 0 Å². The van der Waals surface area contributed by atoms with Crippen LogP contribution in [0.1, 0.15) is 0 Å². The van der Waals surface area contributed by atoms with E-state index in [0.717, 1.165) is 5.28 Å². The Balaban J connectivity index is 0. The quantitative estimate of drug-likeness (QED) is 0.321. The van der Waals surface area contributed by atoms with E-state index in [0.29, 0.717) is 0 Å². The summed E-state index contributed by atoms with van der Waals surface area (Å²) in [6, 6.07) is 0. The lowest BCUT2D eigenvalue weighted by Crippen LogP contribution is -1.47. The second-order valence-electron chi connectivity index (χ2n) is 0.524. The van der Waals surface area contributed by atoms with E-state index in [1.54, 1.807) is 0 Å². The largest absolute Gasteiger partial charge is 0.124 e. The molecular formula is C3H5AlN. The highest BCUT2D eigenvalue weighted by Gasteiger charge is 1.46. The van der Waals surface area contributed by atoms with Crippen LogP contribution >= 0.6 is 0 Å². The fraction of sp³-hybridized carbons (Fsp3) is 0.333. The summed E-state index contributed by atoms with van der Waals surface area (Å²) in [4.78, 5) is 0. The molecule has 0 rings (SSSR count). The van der Waals surface area contributed by atoms with E-state index in [4.69, 9.17) is 0 Å². The Labute approximate surface area is 41.1 Å². The molecule has 0 unspecified atom stereocenters. The molecule has 0 saturated heterocycles. The van der Waals surface area contributed by atoms with Crippen LogP contribution < -0.4 is 6.15 Å². The maximum Gasteiger partial charge on any atom is 0.124 e. The van der Waals surface area contributed by atoms with Crippen LogP contribution in [0.25, 0.3) is 0 Å². The Morgan fingerprint density at radius 2 is 2.00 bits per heavy atom. The van der Waals surface area contributed by atoms with Gasteiger partial charge in [-0.2, -0.15) is 0 Å². The van der Waals surface area contributed by atoms with Gasteiger partial charge in [0.25, 0.3) is 0 Å². The van der Waals surface area contributed by atoms with Gasteiger partial charge in [0.2, 0.25) is 0 Å². The van der Waals surface area contributed by atoms with Crippen LogP contribution in [0, 0.1) is 0 Å². The van der Waals surface area contributed by atoms with Crippen LogP contribution in [0.5, 0.6) is 0 Å². The van der Waals surface area contributed by atoms with E-state index in [9.17, 15) is 0 Å². The molecule has 5 radical (unpaired) electrons. The van der Waals surface area contributed by atoms with Crippen molar-refractivity contribution in [2.45, 2.75) is 5.28 Å². The average molecular weight is 82.1 g/mol. The molecule has 0 aliphatic rings. The molecular weight excluding hydrogens is 77.0 g/mol. The van der Waals surface area contributed by atoms with Crippen molar-refractivity contribution in [3.8, 4) is 0 Å². The Morgan fingerprint density at radius 1 is 1.80 bits per heavy atom. The second kappa shape index (κ2) is 8.87. The molecule has 0 aromatic carbocycles. The molecule has 0 aromatic heterocycles. The first kappa shape index (κ1) is 8.97. The molecule has 0 heterocycles. The van der Waals surface area contributed by atoms with Crippen LogP contribution in [0.4, 0.5) is 0 Å². The van der Waals surface area contributed by atoms with Crippen LogP contribution in [0.2, 0.25) is 5.28 Å². The third-order valence-electron chi connectivity index (χ3n) is 0.167. The van der Waals surface area contributed by atoms with Crippen molar-refractivity contribution in [2.75, 3.05) is 0 Å². The van der Waals surface area contributed by atoms with Gasteiger partial charge in [-0.3, -0.25) is 0 Å². The molecule has 0 atom stereocenters. The average Bonchev–Trinajstić information content (AvgIpc) is 1.37. The van der Waals surface area contributed by atoms with E-state index < -0.39 is 0 Å². The number of hydrogen-bond acceptors (Lipinski definition) is 0. The van der Waals surface area contributed by atoms with Gasteiger partial charge in [0.15, 0.2) is 0 Å². The van der Waals surface area contributed by atoms with Gasteiger partial charge in [-0.15, -0.1) is 17.9 Å². The highest BCUT2D eigenvalue weighted by Crippen LogP contribution is 1.61. The van der Waals surface area contributed by atoms with E-state index in [-0.39, 0.29) is 6.15 Å². The molecule has 0 aliphatic carbocycles. The van der Waals surface area contributed by atoms with Crippen molar-refractivity contribution < 1.29 is 0 Å². The SMILES string of the molecule is C=C[CH2][Al].[N]. The zero-order valence-corrected chi connectivity index (χ0v) is 4.17. The minimum absolute atomic E-state index is 0. The molecule has 0 aliphatic heterocycles. The molecule has 0 fully saturated rings. The Kier molecular flexibility index (Phi) is 15.9. The Morgan fingerprint density at radius 3 is 2.00 bits per heavy atom. The highest BCUT2D eigenvalue weighted by molar-refractivity contribution is 6.09. The van der Waals surface area contributed by atoms with Crippen LogP contribution in [-0.2, 0) is 0 Å². The summed E-state index contributed by atoms with van der Waals surface area (Å²) in [5, 5.41) is 1.00. The zero-order valence-electron chi connectivity index (χ0n) is 3.02. The number of rotatable bonds is 1. The van der Waals surface area contributed by atoms with E-state index in [1.165, 1.54) is 0 Å². The Bertz CT molecular complexity index is 20.9. The summed E-state index contributed by atoms with van der Waals surface area (Å²) in [7, 11) is 0. The molecule has 0 bridgehead atoms. The predicted octanol–water partition coefficient (Wildman–Crippen LogP) is 0.279. The van der Waals surface area contributed by atoms with Crippen LogP contribution in [-0.4, -0.2) is 16.3 Å². The molecule has 0 amide bonds. The minimum Gasteiger partial charge on any atom is -0.107 e. The topological polar surface area (TPSA) is 30.5 Å². The van der Waals surface area contributed by atoms with Crippen molar-refractivity contribution in [1.82, 2.24) is 6.15 Å². The van der Waals surface area contributed by atoms with Gasteiger partial charge >= 0.3 is 0 Å². The van der Waals surface area contributed by atoms with Gasteiger partial charge < -0.3 is 0 Å². The normalized spacial score (nSPS) is 4.80. The van der Waals surface area contributed by atoms with Crippen LogP contribution in [0.3, 0.4) is 0 Å². The number of nitrogens with zero attached hydrogens (tertiary/aromatic N) is 1. The van der Waals surface area contributed by atoms with E-state index in [2.05, 4.69) is 22.9 Å². The van der Waals surface area contributed by atoms with Crippen LogP contribution in [0.15, 0.2) is 12.7 Å². The second-order valence-corrected chi connectivity index (χ2v) is 0.996. The predicted molar refractivity (Wildman–Crippen MR) is 22.9 cm³/mol. The third kappa shape index (κ3) is 13.9. The lowest BCUT2D eigenvalue weighted by atomic mass is 10.8. The minimum atomic E-state index is 0. The molecule has 0 N–H and O–H groups in total. The zero-order chi connectivity index (χ0) is 3.41. The smallest absolute Gasteiger partial charge is 0.107 e. The van der Waals surface area contributed by atoms with Crippen molar-refractivity contribution >= 4 is 16.3 Å². The molecule has 0 aromatic rings. The summed E-state index contributed by atoms with van der Waals surface area (Å²) >= 11 is 2.54. The molecule has 1 nitrogen and oxygen atoms in total. The number of hydrogen-bond donors (Lipinski definition) is 0. The third-order valence-corrected chi connectivity index (χ3v) is 0.500. The summed E-state index contributed by atoms with van der Waals surface area (Å²) in [6.07, 6.45) is 1.84. The first-order chi connectivity index (χ1) is 1.91. The molecule has 0 spiro atoms. The van der Waals surface area contributed by atoms with Gasteiger partial charge in [-0.05, 0) is 0 Å². The van der Waals surface area contributed by atoms with E-state index >= 15 is 0 Å². The van der Waals surface area contributed by atoms with Gasteiger partial charge in [0, 0.05) is 6.15 Å². The lowest BCUT2D eigenvalue weighted by molar-refractivity contribution is 1.76. The summed E-state index contributed by atoms with van der Waals surface area (Å²) in [5.41, 5.74) is 0. The molecule has 25 valence electrons. The maximum atomic E-state index is 3.46. The number of allylic oxidation sites excluding steroid dienone is 1.